The summed E-state index contributed by atoms with van der Waals surface area (Å²) in [5.41, 5.74) is 5.46. The van der Waals surface area contributed by atoms with E-state index in [1.807, 2.05) is 0 Å². The fraction of sp³-hybridized carbons (Fsp3) is 0. The van der Waals surface area contributed by atoms with Crippen molar-refractivity contribution in [1.82, 2.24) is 15.0 Å². The predicted octanol–water partition coefficient (Wildman–Crippen LogP) is 2.77. The number of nitrogens with two attached hydrogens (primary N) is 1. The molecule has 0 aliphatic heterocycles. The number of nitrogens with zero attached hydrogens (tertiary/aromatic N) is 3. The highest BCUT2D eigenvalue weighted by atomic mass is 79.9. The molecule has 0 saturated carbocycles. The molecule has 5 nitrogen and oxygen atoms in total. The van der Waals surface area contributed by atoms with Crippen molar-refractivity contribution in [2.75, 3.05) is 5.73 Å². The van der Waals surface area contributed by atoms with Crippen LogP contribution in [0.5, 0.6) is 11.6 Å². The largest absolute Gasteiger partial charge is 0.436 e. The molecule has 2 rings (SSSR count). The van der Waals surface area contributed by atoms with Crippen molar-refractivity contribution in [2.45, 2.75) is 0 Å². The molecule has 0 atom stereocenters. The van der Waals surface area contributed by atoms with Gasteiger partial charge in [-0.25, -0.2) is 4.98 Å². The summed E-state index contributed by atoms with van der Waals surface area (Å²) in [6, 6.07) is 1.78. The van der Waals surface area contributed by atoms with Crippen LogP contribution in [-0.4, -0.2) is 15.0 Å². The van der Waals surface area contributed by atoms with E-state index in [-0.39, 0.29) is 5.95 Å². The molecule has 0 aliphatic rings. The van der Waals surface area contributed by atoms with Crippen LogP contribution in [0.2, 0.25) is 0 Å². The average Bonchev–Trinajstić information content (AvgIpc) is 2.24. The lowest BCUT2D eigenvalue weighted by molar-refractivity contribution is 0.456. The molecule has 2 aromatic heterocycles. The minimum atomic E-state index is 0.154. The Balaban J connectivity index is 2.30. The van der Waals surface area contributed by atoms with Gasteiger partial charge in [0.15, 0.2) is 0 Å². The van der Waals surface area contributed by atoms with E-state index in [1.165, 1.54) is 6.20 Å². The molecule has 0 saturated heterocycles. The predicted molar refractivity (Wildman–Crippen MR) is 66.2 cm³/mol. The number of hydrogen-bond acceptors (Lipinski definition) is 5. The first-order chi connectivity index (χ1) is 7.65. The Morgan fingerprint density at radius 2 is 2.00 bits per heavy atom. The summed E-state index contributed by atoms with van der Waals surface area (Å²) in [6.45, 7) is 0. The van der Waals surface area contributed by atoms with Gasteiger partial charge in [0.1, 0.15) is 5.75 Å². The van der Waals surface area contributed by atoms with Gasteiger partial charge in [0, 0.05) is 10.7 Å². The number of nitrogen functional groups attached to an aromatic ring is 1. The second kappa shape index (κ2) is 4.75. The maximum Gasteiger partial charge on any atom is 0.238 e. The van der Waals surface area contributed by atoms with Gasteiger partial charge in [-0.1, -0.05) is 0 Å². The normalized spacial score (nSPS) is 10.1. The molecule has 16 heavy (non-hydrogen) atoms. The Hall–Kier alpha value is -1.21. The van der Waals surface area contributed by atoms with Crippen LogP contribution in [0.1, 0.15) is 0 Å². The van der Waals surface area contributed by atoms with Crippen molar-refractivity contribution in [2.24, 2.45) is 0 Å². The Morgan fingerprint density at radius 1 is 1.19 bits per heavy atom. The maximum atomic E-state index is 5.50. The molecule has 0 aromatic carbocycles. The molecule has 0 bridgehead atoms. The number of pyridine rings is 1. The first-order valence-corrected chi connectivity index (χ1v) is 5.80. The molecule has 7 heteroatoms. The summed E-state index contributed by atoms with van der Waals surface area (Å²) in [4.78, 5) is 11.7. The number of ether oxygens (including phenoxy) is 1. The molecule has 0 unspecified atom stereocenters. The number of hydrogen-bond donors (Lipinski definition) is 1. The van der Waals surface area contributed by atoms with Crippen LogP contribution in [0.3, 0.4) is 0 Å². The topological polar surface area (TPSA) is 73.9 Å². The lowest BCUT2D eigenvalue weighted by atomic mass is 10.5. The van der Waals surface area contributed by atoms with E-state index in [9.17, 15) is 0 Å². The third-order valence-electron chi connectivity index (χ3n) is 1.62. The van der Waals surface area contributed by atoms with E-state index < -0.39 is 0 Å². The Morgan fingerprint density at radius 3 is 2.75 bits per heavy atom. The fourth-order valence-electron chi connectivity index (χ4n) is 0.996. The summed E-state index contributed by atoms with van der Waals surface area (Å²) in [6.07, 6.45) is 4.77. The number of aromatic nitrogens is 3. The van der Waals surface area contributed by atoms with E-state index in [1.54, 1.807) is 18.5 Å². The van der Waals surface area contributed by atoms with Crippen molar-refractivity contribution in [3.8, 4) is 11.6 Å². The molecule has 2 aromatic rings. The lowest BCUT2D eigenvalue weighted by Crippen LogP contribution is -1.97. The van der Waals surface area contributed by atoms with Crippen molar-refractivity contribution in [3.63, 3.8) is 0 Å². The monoisotopic (exact) mass is 344 g/mol. The molecule has 2 heterocycles. The number of halogens is 2. The van der Waals surface area contributed by atoms with Gasteiger partial charge >= 0.3 is 0 Å². The van der Waals surface area contributed by atoms with Crippen LogP contribution in [-0.2, 0) is 0 Å². The summed E-state index contributed by atoms with van der Waals surface area (Å²) in [5, 5.41) is 0. The Bertz CT molecular complexity index is 521. The summed E-state index contributed by atoms with van der Waals surface area (Å²) in [5.74, 6) is 1.07. The third-order valence-corrected chi connectivity index (χ3v) is 2.60. The van der Waals surface area contributed by atoms with Gasteiger partial charge in [-0.05, 0) is 37.9 Å². The van der Waals surface area contributed by atoms with Crippen LogP contribution in [0.15, 0.2) is 33.6 Å². The smallest absolute Gasteiger partial charge is 0.238 e. The molecular weight excluding hydrogens is 340 g/mol. The fourth-order valence-corrected chi connectivity index (χ4v) is 1.61. The molecule has 0 amide bonds. The quantitative estimate of drug-likeness (QED) is 0.905. The van der Waals surface area contributed by atoms with E-state index in [4.69, 9.17) is 10.5 Å². The van der Waals surface area contributed by atoms with E-state index in [0.717, 1.165) is 4.47 Å². The number of rotatable bonds is 2. The van der Waals surface area contributed by atoms with E-state index in [2.05, 4.69) is 46.8 Å². The Labute approximate surface area is 108 Å². The second-order valence-electron chi connectivity index (χ2n) is 2.82. The van der Waals surface area contributed by atoms with Gasteiger partial charge < -0.3 is 10.5 Å². The minimum Gasteiger partial charge on any atom is -0.436 e. The highest BCUT2D eigenvalue weighted by Gasteiger charge is 2.06. The lowest BCUT2D eigenvalue weighted by Gasteiger charge is -2.06. The molecule has 0 fully saturated rings. The molecule has 0 spiro atoms. The molecule has 2 N–H and O–H groups in total. The average molecular weight is 346 g/mol. The summed E-state index contributed by atoms with van der Waals surface area (Å²) >= 11 is 6.57. The minimum absolute atomic E-state index is 0.154. The standard InChI is InChI=1S/C9H6Br2N4O/c10-5-1-6(3-13-2-5)16-8-7(11)4-14-9(12)15-8/h1-4H,(H2,12,14,15). The third kappa shape index (κ3) is 2.67. The highest BCUT2D eigenvalue weighted by molar-refractivity contribution is 9.10. The van der Waals surface area contributed by atoms with Crippen LogP contribution in [0, 0.1) is 0 Å². The van der Waals surface area contributed by atoms with Gasteiger partial charge in [-0.15, -0.1) is 0 Å². The summed E-state index contributed by atoms with van der Waals surface area (Å²) < 4.78 is 6.95. The van der Waals surface area contributed by atoms with Gasteiger partial charge in [-0.3, -0.25) is 4.98 Å². The zero-order valence-electron chi connectivity index (χ0n) is 7.89. The second-order valence-corrected chi connectivity index (χ2v) is 4.59. The van der Waals surface area contributed by atoms with Gasteiger partial charge in [0.25, 0.3) is 0 Å². The summed E-state index contributed by atoms with van der Waals surface area (Å²) in [7, 11) is 0. The van der Waals surface area contributed by atoms with Crippen LogP contribution in [0.4, 0.5) is 5.95 Å². The van der Waals surface area contributed by atoms with Crippen molar-refractivity contribution >= 4 is 37.8 Å². The first-order valence-electron chi connectivity index (χ1n) is 4.21. The number of anilines is 1. The van der Waals surface area contributed by atoms with Crippen LogP contribution in [0.25, 0.3) is 0 Å². The van der Waals surface area contributed by atoms with Gasteiger partial charge in [0.05, 0.1) is 16.9 Å². The van der Waals surface area contributed by atoms with Crippen molar-refractivity contribution in [3.05, 3.63) is 33.6 Å². The van der Waals surface area contributed by atoms with Crippen molar-refractivity contribution < 1.29 is 4.74 Å². The SMILES string of the molecule is Nc1ncc(Br)c(Oc2cncc(Br)c2)n1. The molecule has 82 valence electrons. The molecule has 0 radical (unpaired) electrons. The zero-order valence-corrected chi connectivity index (χ0v) is 11.1. The molecule has 0 aliphatic carbocycles. The van der Waals surface area contributed by atoms with E-state index in [0.29, 0.717) is 16.1 Å². The van der Waals surface area contributed by atoms with Gasteiger partial charge in [-0.2, -0.15) is 4.98 Å². The first kappa shape index (κ1) is 11.3. The van der Waals surface area contributed by atoms with Crippen molar-refractivity contribution in [1.29, 1.82) is 0 Å². The van der Waals surface area contributed by atoms with E-state index >= 15 is 0 Å². The zero-order chi connectivity index (χ0) is 11.5. The van der Waals surface area contributed by atoms with Gasteiger partial charge in [0.2, 0.25) is 11.8 Å². The Kier molecular flexibility index (Phi) is 3.35. The maximum absolute atomic E-state index is 5.50. The van der Waals surface area contributed by atoms with Crippen LogP contribution >= 0.6 is 31.9 Å². The highest BCUT2D eigenvalue weighted by Crippen LogP contribution is 2.28. The van der Waals surface area contributed by atoms with Crippen LogP contribution < -0.4 is 10.5 Å². The molecular formula is C9H6Br2N4O.